The van der Waals surface area contributed by atoms with Crippen molar-refractivity contribution in [1.29, 1.82) is 5.26 Å². The summed E-state index contributed by atoms with van der Waals surface area (Å²) in [7, 11) is 1.43. The van der Waals surface area contributed by atoms with Crippen molar-refractivity contribution in [2.45, 2.75) is 0 Å². The van der Waals surface area contributed by atoms with E-state index in [0.29, 0.717) is 0 Å². The molecule has 0 aromatic heterocycles. The summed E-state index contributed by atoms with van der Waals surface area (Å²) in [5.41, 5.74) is 0. The first-order valence-corrected chi connectivity index (χ1v) is 0.724. The standard InChI is InChI=1S/CH2BN.AtH/c2-1-3;/h2H2;1H. The Labute approximate surface area is 45.5 Å². The van der Waals surface area contributed by atoms with Crippen LogP contribution in [0.4, 0.5) is 0 Å². The Hall–Kier alpha value is 0.438. The van der Waals surface area contributed by atoms with Gasteiger partial charge in [0, 0.05) is 0 Å². The predicted molar refractivity (Wildman–Crippen MR) is 15.6 cm³/mol. The Morgan fingerprint density at radius 3 is 1.75 bits per heavy atom. The Bertz CT molecular complexity index is 29.5. The number of nitriles is 1. The Balaban J connectivity index is 0. The Morgan fingerprint density at radius 1 is 1.75 bits per heavy atom. The van der Waals surface area contributed by atoms with Gasteiger partial charge in [-0.15, -0.1) is 0 Å². The summed E-state index contributed by atoms with van der Waals surface area (Å²) in [6.45, 7) is 0. The third-order valence-corrected chi connectivity index (χ3v) is 0. The third kappa shape index (κ3) is 26.3. The summed E-state index contributed by atoms with van der Waals surface area (Å²) in [6, 6.07) is 0. The van der Waals surface area contributed by atoms with Gasteiger partial charge in [0.1, 0.15) is 0 Å². The van der Waals surface area contributed by atoms with Crippen molar-refractivity contribution in [2.75, 3.05) is 0 Å². The van der Waals surface area contributed by atoms with Gasteiger partial charge < -0.3 is 0 Å². The molecule has 0 amide bonds. The van der Waals surface area contributed by atoms with Crippen LogP contribution in [0.25, 0.3) is 0 Å². The van der Waals surface area contributed by atoms with Gasteiger partial charge in [-0.3, -0.25) is 0 Å². The van der Waals surface area contributed by atoms with Crippen LogP contribution in [0.2, 0.25) is 0 Å². The average Bonchev–Trinajstić information content (AvgIpc) is 0.918. The predicted octanol–water partition coefficient (Wildman–Crippen LogP) is -1.17. The molecule has 0 unspecified atom stereocenters. The van der Waals surface area contributed by atoms with Gasteiger partial charge in [-0.05, 0) is 5.97 Å². The number of rotatable bonds is 0. The van der Waals surface area contributed by atoms with Crippen molar-refractivity contribution in [3.63, 3.8) is 0 Å². The molecule has 0 aliphatic rings. The van der Waals surface area contributed by atoms with E-state index >= 15 is 0 Å². The second kappa shape index (κ2) is 9.88. The Kier molecular flexibility index (Phi) is 21.8. The van der Waals surface area contributed by atoms with Gasteiger partial charge in [0.25, 0.3) is 0 Å². The van der Waals surface area contributed by atoms with Gasteiger partial charge in [0.2, 0.25) is 7.85 Å². The van der Waals surface area contributed by atoms with E-state index in [9.17, 15) is 0 Å². The first kappa shape index (κ1) is 8.83. The van der Waals surface area contributed by atoms with Crippen LogP contribution < -0.4 is 0 Å². The number of hydrogen-bond acceptors (Lipinski definition) is 1. The van der Waals surface area contributed by atoms with E-state index in [1.165, 1.54) is 7.85 Å². The second-order valence-corrected chi connectivity index (χ2v) is 0.224. The molecule has 0 aliphatic carbocycles. The fourth-order valence-electron chi connectivity index (χ4n) is 0. The molecular formula is CH3AtBN. The molecule has 0 rings (SSSR count). The minimum absolute atomic E-state index is 0. The van der Waals surface area contributed by atoms with Crippen LogP contribution in [-0.2, 0) is 0 Å². The van der Waals surface area contributed by atoms with E-state index < -0.39 is 0 Å². The van der Waals surface area contributed by atoms with E-state index in [0.717, 1.165) is 0 Å². The van der Waals surface area contributed by atoms with Crippen LogP contribution in [0.15, 0.2) is 0 Å². The summed E-state index contributed by atoms with van der Waals surface area (Å²) in [4.78, 5) is 0. The first-order chi connectivity index (χ1) is 1.41. The Morgan fingerprint density at radius 2 is 1.75 bits per heavy atom. The van der Waals surface area contributed by atoms with Crippen molar-refractivity contribution in [1.82, 2.24) is 0 Å². The molecule has 3 heteroatoms. The van der Waals surface area contributed by atoms with Crippen molar-refractivity contribution in [3.8, 4) is 5.97 Å². The van der Waals surface area contributed by atoms with Gasteiger partial charge in [-0.25, -0.2) is 5.26 Å². The zero-order chi connectivity index (χ0) is 2.71. The SMILES string of the molecule is BC#N.[AtH]. The summed E-state index contributed by atoms with van der Waals surface area (Å²) in [6.07, 6.45) is 0. The molecule has 0 saturated heterocycles. The van der Waals surface area contributed by atoms with Crippen LogP contribution in [0.3, 0.4) is 0 Å². The molecule has 0 spiro atoms. The van der Waals surface area contributed by atoms with Crippen LogP contribution in [0.5, 0.6) is 0 Å². The molecule has 0 saturated carbocycles. The molecule has 4 heavy (non-hydrogen) atoms. The molecule has 0 atom stereocenters. The molecule has 0 N–H and O–H groups in total. The summed E-state index contributed by atoms with van der Waals surface area (Å²) in [5, 5.41) is 7.32. The van der Waals surface area contributed by atoms with Crippen molar-refractivity contribution < 1.29 is 26.2 Å². The maximum atomic E-state index is 7.32. The maximum absolute atomic E-state index is 7.32. The molecule has 1 nitrogen and oxygen atoms in total. The molecule has 22 valence electrons. The fraction of sp³-hybridized carbons (Fsp3) is 0. The van der Waals surface area contributed by atoms with Crippen LogP contribution in [0.1, 0.15) is 0 Å². The molecule has 0 aromatic rings. The van der Waals surface area contributed by atoms with Gasteiger partial charge in [0.05, 0.1) is 0 Å². The van der Waals surface area contributed by atoms with Crippen molar-refractivity contribution >= 4 is 7.85 Å². The molecule has 0 radical (unpaired) electrons. The van der Waals surface area contributed by atoms with E-state index in [4.69, 9.17) is 5.26 Å². The van der Waals surface area contributed by atoms with Gasteiger partial charge >= 0.3 is 26.2 Å². The zero-order valence-corrected chi connectivity index (χ0v) is 5.53. The molecular weight excluding hydrogens is 247 g/mol. The van der Waals surface area contributed by atoms with Crippen LogP contribution in [0, 0.1) is 37.4 Å². The van der Waals surface area contributed by atoms with E-state index in [1.54, 1.807) is 5.97 Å². The summed E-state index contributed by atoms with van der Waals surface area (Å²) in [5.74, 6) is 1.75. The summed E-state index contributed by atoms with van der Waals surface area (Å²) < 4.78 is 0. The quantitative estimate of drug-likeness (QED) is 0.497. The van der Waals surface area contributed by atoms with Gasteiger partial charge in [-0.1, -0.05) is 0 Å². The normalized spacial score (nSPS) is 1.75. The van der Waals surface area contributed by atoms with Gasteiger partial charge in [-0.2, -0.15) is 0 Å². The van der Waals surface area contributed by atoms with Gasteiger partial charge in [0.15, 0.2) is 0 Å². The topological polar surface area (TPSA) is 23.8 Å². The summed E-state index contributed by atoms with van der Waals surface area (Å²) >= 11 is 0. The molecule has 0 fully saturated rings. The van der Waals surface area contributed by atoms with E-state index in [2.05, 4.69) is 0 Å². The average molecular weight is 250 g/mol. The number of hydrogen-bond donors (Lipinski definition) is 0. The zero-order valence-electron chi connectivity index (χ0n) is 2.36. The van der Waals surface area contributed by atoms with Crippen LogP contribution in [-0.4, -0.2) is 7.85 Å². The molecule has 0 aliphatic heterocycles. The first-order valence-electron chi connectivity index (χ1n) is 0.724. The molecule has 0 aromatic carbocycles. The minimum atomic E-state index is 0. The van der Waals surface area contributed by atoms with Crippen molar-refractivity contribution in [2.24, 2.45) is 0 Å². The molecule has 0 bridgehead atoms. The fourth-order valence-corrected chi connectivity index (χ4v) is 0. The third-order valence-electron chi connectivity index (χ3n) is 0. The number of nitrogens with zero attached hydrogens (tertiary/aromatic N) is 1. The molecule has 0 heterocycles. The second-order valence-electron chi connectivity index (χ2n) is 0.224. The van der Waals surface area contributed by atoms with E-state index in [-0.39, 0.29) is 26.2 Å². The van der Waals surface area contributed by atoms with Crippen LogP contribution >= 0.6 is 0 Å². The monoisotopic (exact) mass is 250 g/mol. The van der Waals surface area contributed by atoms with Crippen molar-refractivity contribution in [3.05, 3.63) is 0 Å². The van der Waals surface area contributed by atoms with E-state index in [1.807, 2.05) is 0 Å².